The molecule has 7 nitrogen and oxygen atoms in total. The Balaban J connectivity index is 1.75. The zero-order valence-electron chi connectivity index (χ0n) is 16.3. The largest absolute Gasteiger partial charge is 0.449 e. The van der Waals surface area contributed by atoms with Gasteiger partial charge in [-0.05, 0) is 42.0 Å². The van der Waals surface area contributed by atoms with Gasteiger partial charge in [0.2, 0.25) is 5.75 Å². The molecule has 1 aromatic heterocycles. The fourth-order valence-electron chi connectivity index (χ4n) is 3.20. The van der Waals surface area contributed by atoms with Crippen molar-refractivity contribution in [2.24, 2.45) is 7.05 Å². The highest BCUT2D eigenvalue weighted by molar-refractivity contribution is 6.32. The number of aryl methyl sites for hydroxylation is 1. The lowest BCUT2D eigenvalue weighted by atomic mass is 10.1. The van der Waals surface area contributed by atoms with E-state index in [0.29, 0.717) is 22.2 Å². The Hall–Kier alpha value is -4.15. The molecule has 4 aromatic rings. The molecule has 0 N–H and O–H groups in total. The van der Waals surface area contributed by atoms with Gasteiger partial charge >= 0.3 is 5.69 Å². The van der Waals surface area contributed by atoms with Crippen molar-refractivity contribution in [2.45, 2.75) is 0 Å². The van der Waals surface area contributed by atoms with E-state index in [1.54, 1.807) is 36.4 Å². The predicted molar refractivity (Wildman–Crippen MR) is 119 cm³/mol. The van der Waals surface area contributed by atoms with Gasteiger partial charge in [-0.15, -0.1) is 0 Å². The lowest BCUT2D eigenvalue weighted by Gasteiger charge is -2.08. The van der Waals surface area contributed by atoms with Crippen LogP contribution in [0.4, 0.5) is 5.69 Å². The van der Waals surface area contributed by atoms with Crippen molar-refractivity contribution in [1.29, 1.82) is 5.26 Å². The summed E-state index contributed by atoms with van der Waals surface area (Å²) in [5, 5.41) is 21.7. The lowest BCUT2D eigenvalue weighted by molar-refractivity contribution is -0.385. The molecule has 0 aliphatic heterocycles. The monoisotopic (exact) mass is 430 g/mol. The summed E-state index contributed by atoms with van der Waals surface area (Å²) in [5.74, 6) is 0.840. The summed E-state index contributed by atoms with van der Waals surface area (Å²) in [6.45, 7) is 0. The minimum atomic E-state index is -0.537. The first-order chi connectivity index (χ1) is 15.0. The van der Waals surface area contributed by atoms with Crippen molar-refractivity contribution >= 4 is 40.0 Å². The van der Waals surface area contributed by atoms with Crippen LogP contribution in [0, 0.1) is 21.4 Å². The third-order valence-electron chi connectivity index (χ3n) is 4.70. The number of benzene rings is 3. The SMILES string of the molecule is Cn1c(/C(C#N)=C\c2ccc(Oc3ccccc3Cl)c([N+](=O)[O-])c2)nc2ccccc21. The van der Waals surface area contributed by atoms with Crippen LogP contribution in [0.3, 0.4) is 0 Å². The molecule has 0 fully saturated rings. The Bertz CT molecular complexity index is 1390. The number of rotatable bonds is 5. The van der Waals surface area contributed by atoms with Gasteiger partial charge in [-0.2, -0.15) is 5.26 Å². The molecule has 0 aliphatic rings. The Labute approximate surface area is 182 Å². The number of para-hydroxylation sites is 3. The molecule has 152 valence electrons. The average Bonchev–Trinajstić information content (AvgIpc) is 3.11. The standard InChI is InChI=1S/C23H15ClN4O3/c1-27-19-8-4-3-7-18(19)26-23(27)16(14-25)12-15-10-11-22(20(13-15)28(29)30)31-21-9-5-2-6-17(21)24/h2-13H,1H3/b16-12-. The molecule has 0 amide bonds. The van der Waals surface area contributed by atoms with Crippen LogP contribution in [-0.2, 0) is 7.05 Å². The smallest absolute Gasteiger partial charge is 0.312 e. The van der Waals surface area contributed by atoms with Crippen LogP contribution in [0.15, 0.2) is 66.7 Å². The van der Waals surface area contributed by atoms with E-state index in [2.05, 4.69) is 11.1 Å². The number of halogens is 1. The number of nitro groups is 1. The lowest BCUT2D eigenvalue weighted by Crippen LogP contribution is -1.97. The summed E-state index contributed by atoms with van der Waals surface area (Å²) in [7, 11) is 1.82. The number of nitriles is 1. The van der Waals surface area contributed by atoms with E-state index < -0.39 is 4.92 Å². The van der Waals surface area contributed by atoms with Crippen molar-refractivity contribution in [3.05, 3.63) is 93.3 Å². The fourth-order valence-corrected chi connectivity index (χ4v) is 3.37. The van der Waals surface area contributed by atoms with E-state index in [9.17, 15) is 15.4 Å². The molecule has 0 saturated carbocycles. The van der Waals surface area contributed by atoms with Crippen LogP contribution in [0.25, 0.3) is 22.7 Å². The van der Waals surface area contributed by atoms with Gasteiger partial charge in [0.25, 0.3) is 0 Å². The van der Waals surface area contributed by atoms with Crippen molar-refractivity contribution in [2.75, 3.05) is 0 Å². The van der Waals surface area contributed by atoms with E-state index in [4.69, 9.17) is 16.3 Å². The maximum atomic E-state index is 11.6. The Morgan fingerprint density at radius 2 is 1.90 bits per heavy atom. The van der Waals surface area contributed by atoms with Gasteiger partial charge in [-0.3, -0.25) is 10.1 Å². The summed E-state index contributed by atoms with van der Waals surface area (Å²) in [4.78, 5) is 15.6. The van der Waals surface area contributed by atoms with Gasteiger partial charge in [-0.1, -0.05) is 41.9 Å². The fraction of sp³-hybridized carbons (Fsp3) is 0.0435. The van der Waals surface area contributed by atoms with E-state index in [0.717, 1.165) is 11.0 Å². The molecule has 0 radical (unpaired) electrons. The molecule has 0 spiro atoms. The molecule has 0 atom stereocenters. The quantitative estimate of drug-likeness (QED) is 0.220. The molecular weight excluding hydrogens is 416 g/mol. The summed E-state index contributed by atoms with van der Waals surface area (Å²) in [6.07, 6.45) is 1.56. The highest BCUT2D eigenvalue weighted by Crippen LogP contribution is 2.36. The molecule has 3 aromatic carbocycles. The Morgan fingerprint density at radius 1 is 1.16 bits per heavy atom. The molecule has 0 saturated heterocycles. The number of imidazole rings is 1. The Kier molecular flexibility index (Phi) is 5.39. The van der Waals surface area contributed by atoms with E-state index >= 15 is 0 Å². The first kappa shape index (κ1) is 20.1. The van der Waals surface area contributed by atoms with Crippen molar-refractivity contribution in [3.8, 4) is 17.6 Å². The topological polar surface area (TPSA) is 94.0 Å². The third kappa shape index (κ3) is 3.97. The summed E-state index contributed by atoms with van der Waals surface area (Å²) in [5.41, 5.74) is 2.16. The number of ether oxygens (including phenoxy) is 1. The predicted octanol–water partition coefficient (Wildman–Crippen LogP) is 5.99. The molecule has 31 heavy (non-hydrogen) atoms. The van der Waals surface area contributed by atoms with Gasteiger partial charge in [0.15, 0.2) is 5.82 Å². The Morgan fingerprint density at radius 3 is 2.61 bits per heavy atom. The maximum absolute atomic E-state index is 11.6. The molecule has 0 unspecified atom stereocenters. The van der Waals surface area contributed by atoms with Crippen LogP contribution < -0.4 is 4.74 Å². The maximum Gasteiger partial charge on any atom is 0.312 e. The van der Waals surface area contributed by atoms with E-state index in [1.165, 1.54) is 12.1 Å². The second kappa shape index (κ2) is 8.30. The van der Waals surface area contributed by atoms with Crippen LogP contribution in [0.1, 0.15) is 11.4 Å². The van der Waals surface area contributed by atoms with Crippen LogP contribution >= 0.6 is 11.6 Å². The number of hydrogen-bond acceptors (Lipinski definition) is 5. The molecule has 1 heterocycles. The third-order valence-corrected chi connectivity index (χ3v) is 5.01. The summed E-state index contributed by atoms with van der Waals surface area (Å²) < 4.78 is 7.47. The first-order valence-electron chi connectivity index (χ1n) is 9.22. The summed E-state index contributed by atoms with van der Waals surface area (Å²) in [6, 6.07) is 20.9. The second-order valence-electron chi connectivity index (χ2n) is 6.67. The number of nitro benzene ring substituents is 1. The number of hydrogen-bond donors (Lipinski definition) is 0. The summed E-state index contributed by atoms with van der Waals surface area (Å²) >= 11 is 6.09. The van der Waals surface area contributed by atoms with Crippen molar-refractivity contribution in [3.63, 3.8) is 0 Å². The number of fused-ring (bicyclic) bond motifs is 1. The number of nitrogens with zero attached hydrogens (tertiary/aromatic N) is 4. The highest BCUT2D eigenvalue weighted by atomic mass is 35.5. The average molecular weight is 431 g/mol. The molecular formula is C23H15ClN4O3. The second-order valence-corrected chi connectivity index (χ2v) is 7.08. The van der Waals surface area contributed by atoms with Crippen LogP contribution in [0.2, 0.25) is 5.02 Å². The molecule has 8 heteroatoms. The van der Waals surface area contributed by atoms with E-state index in [1.807, 2.05) is 35.9 Å². The zero-order chi connectivity index (χ0) is 22.0. The minimum Gasteiger partial charge on any atom is -0.449 e. The minimum absolute atomic E-state index is 0.0523. The normalized spacial score (nSPS) is 11.3. The van der Waals surface area contributed by atoms with Gasteiger partial charge < -0.3 is 9.30 Å². The van der Waals surface area contributed by atoms with E-state index in [-0.39, 0.29) is 17.0 Å². The van der Waals surface area contributed by atoms with Crippen LogP contribution in [-0.4, -0.2) is 14.5 Å². The van der Waals surface area contributed by atoms with Gasteiger partial charge in [0, 0.05) is 13.1 Å². The molecule has 0 aliphatic carbocycles. The zero-order valence-corrected chi connectivity index (χ0v) is 17.1. The first-order valence-corrected chi connectivity index (χ1v) is 9.60. The number of allylic oxidation sites excluding steroid dienone is 1. The van der Waals surface area contributed by atoms with Crippen LogP contribution in [0.5, 0.6) is 11.5 Å². The van der Waals surface area contributed by atoms with Crippen molar-refractivity contribution < 1.29 is 9.66 Å². The van der Waals surface area contributed by atoms with Gasteiger partial charge in [0.1, 0.15) is 11.8 Å². The van der Waals surface area contributed by atoms with Gasteiger partial charge in [0.05, 0.1) is 26.6 Å². The number of aromatic nitrogens is 2. The van der Waals surface area contributed by atoms with Crippen molar-refractivity contribution in [1.82, 2.24) is 9.55 Å². The molecule has 4 rings (SSSR count). The van der Waals surface area contributed by atoms with Gasteiger partial charge in [-0.25, -0.2) is 4.98 Å². The molecule has 0 bridgehead atoms. The highest BCUT2D eigenvalue weighted by Gasteiger charge is 2.18.